The molecule has 0 N–H and O–H groups in total. The van der Waals surface area contributed by atoms with E-state index in [1.807, 2.05) is 35.2 Å². The molecule has 1 aliphatic carbocycles. The van der Waals surface area contributed by atoms with Gasteiger partial charge in [-0.2, -0.15) is 4.68 Å². The zero-order valence-corrected chi connectivity index (χ0v) is 17.2. The van der Waals surface area contributed by atoms with Gasteiger partial charge in [0, 0.05) is 32.6 Å². The Balaban J connectivity index is 1.28. The maximum atomic E-state index is 12.7. The fourth-order valence-electron chi connectivity index (χ4n) is 4.65. The minimum absolute atomic E-state index is 0.310. The monoisotopic (exact) mass is 405 g/mol. The Labute approximate surface area is 175 Å². The lowest BCUT2D eigenvalue weighted by molar-refractivity contribution is -0.132. The molecule has 1 aliphatic heterocycles. The van der Waals surface area contributed by atoms with Crippen LogP contribution in [0.25, 0.3) is 16.9 Å². The predicted octanol–water partition coefficient (Wildman–Crippen LogP) is 2.83. The first-order valence-corrected chi connectivity index (χ1v) is 10.9. The number of piperazine rings is 1. The topological polar surface area (TPSA) is 80.0 Å². The third kappa shape index (κ3) is 3.74. The van der Waals surface area contributed by atoms with Crippen LogP contribution in [-0.2, 0) is 4.79 Å². The summed E-state index contributed by atoms with van der Waals surface area (Å²) in [6.45, 7) is 2.95. The van der Waals surface area contributed by atoms with Crippen molar-refractivity contribution in [3.8, 4) is 5.69 Å². The van der Waals surface area contributed by atoms with Crippen molar-refractivity contribution in [2.75, 3.05) is 31.1 Å². The van der Waals surface area contributed by atoms with E-state index in [1.165, 1.54) is 32.1 Å². The van der Waals surface area contributed by atoms with Crippen LogP contribution in [-0.4, -0.2) is 61.9 Å². The van der Waals surface area contributed by atoms with Crippen LogP contribution < -0.4 is 4.90 Å². The molecular formula is C22H27N7O. The summed E-state index contributed by atoms with van der Waals surface area (Å²) in [4.78, 5) is 25.9. The summed E-state index contributed by atoms with van der Waals surface area (Å²) in [6.07, 6.45) is 8.58. The van der Waals surface area contributed by atoms with Gasteiger partial charge in [0.25, 0.3) is 0 Å². The van der Waals surface area contributed by atoms with Crippen LogP contribution in [0.2, 0.25) is 0 Å². The summed E-state index contributed by atoms with van der Waals surface area (Å²) in [5, 5.41) is 8.67. The Bertz CT molecular complexity index is 1000. The molecule has 1 amide bonds. The van der Waals surface area contributed by atoms with Gasteiger partial charge in [-0.1, -0.05) is 42.7 Å². The van der Waals surface area contributed by atoms with Crippen molar-refractivity contribution >= 4 is 22.9 Å². The highest BCUT2D eigenvalue weighted by Gasteiger charge is 2.26. The highest BCUT2D eigenvalue weighted by Crippen LogP contribution is 2.28. The Morgan fingerprint density at radius 2 is 1.73 bits per heavy atom. The Hall–Kier alpha value is -3.03. The number of carbonyl (C=O) groups is 1. The molecule has 1 saturated carbocycles. The summed E-state index contributed by atoms with van der Waals surface area (Å²) in [7, 11) is 0. The van der Waals surface area contributed by atoms with Gasteiger partial charge in [0.05, 0.1) is 5.69 Å². The molecule has 3 heterocycles. The molecule has 8 nitrogen and oxygen atoms in total. The summed E-state index contributed by atoms with van der Waals surface area (Å²) >= 11 is 0. The molecule has 0 spiro atoms. The third-order valence-electron chi connectivity index (χ3n) is 6.34. The molecule has 0 radical (unpaired) electrons. The van der Waals surface area contributed by atoms with Crippen LogP contribution in [0.1, 0.15) is 38.5 Å². The first-order chi connectivity index (χ1) is 14.8. The van der Waals surface area contributed by atoms with Gasteiger partial charge in [-0.05, 0) is 30.9 Å². The molecule has 0 atom stereocenters. The number of nitrogens with zero attached hydrogens (tertiary/aromatic N) is 7. The molecule has 1 saturated heterocycles. The van der Waals surface area contributed by atoms with Crippen molar-refractivity contribution in [3.63, 3.8) is 0 Å². The van der Waals surface area contributed by atoms with Crippen molar-refractivity contribution in [2.24, 2.45) is 5.92 Å². The number of para-hydroxylation sites is 1. The number of rotatable bonds is 4. The summed E-state index contributed by atoms with van der Waals surface area (Å²) < 4.78 is 1.74. The van der Waals surface area contributed by atoms with E-state index in [2.05, 4.69) is 25.2 Å². The molecule has 8 heteroatoms. The van der Waals surface area contributed by atoms with E-state index in [0.29, 0.717) is 29.4 Å². The third-order valence-corrected chi connectivity index (χ3v) is 6.34. The predicted molar refractivity (Wildman–Crippen MR) is 114 cm³/mol. The second-order valence-corrected chi connectivity index (χ2v) is 8.28. The minimum Gasteiger partial charge on any atom is -0.351 e. The van der Waals surface area contributed by atoms with Gasteiger partial charge in [0.2, 0.25) is 5.91 Å². The fourth-order valence-corrected chi connectivity index (χ4v) is 4.65. The molecule has 1 aromatic carbocycles. The molecule has 2 aromatic heterocycles. The number of fused-ring (bicyclic) bond motifs is 1. The lowest BCUT2D eigenvalue weighted by Gasteiger charge is -2.36. The van der Waals surface area contributed by atoms with Crippen LogP contribution in [0, 0.1) is 5.92 Å². The van der Waals surface area contributed by atoms with Gasteiger partial charge in [-0.25, -0.2) is 9.97 Å². The van der Waals surface area contributed by atoms with Gasteiger partial charge in [-0.15, -0.1) is 5.10 Å². The number of anilines is 1. The van der Waals surface area contributed by atoms with E-state index in [-0.39, 0.29) is 0 Å². The molecular weight excluding hydrogens is 378 g/mol. The summed E-state index contributed by atoms with van der Waals surface area (Å²) in [5.74, 6) is 1.68. The number of amides is 1. The smallest absolute Gasteiger partial charge is 0.222 e. The van der Waals surface area contributed by atoms with E-state index in [1.54, 1.807) is 11.0 Å². The average molecular weight is 406 g/mol. The summed E-state index contributed by atoms with van der Waals surface area (Å²) in [5.41, 5.74) is 2.31. The highest BCUT2D eigenvalue weighted by atomic mass is 16.2. The highest BCUT2D eigenvalue weighted by molar-refractivity contribution is 5.84. The molecule has 0 bridgehead atoms. The maximum absolute atomic E-state index is 12.7. The molecule has 5 rings (SSSR count). The molecule has 0 unspecified atom stereocenters. The lowest BCUT2D eigenvalue weighted by atomic mass is 9.86. The van der Waals surface area contributed by atoms with E-state index in [0.717, 1.165) is 37.7 Å². The van der Waals surface area contributed by atoms with Crippen LogP contribution >= 0.6 is 0 Å². The maximum Gasteiger partial charge on any atom is 0.222 e. The van der Waals surface area contributed by atoms with Gasteiger partial charge < -0.3 is 9.80 Å². The number of aromatic nitrogens is 5. The first-order valence-electron chi connectivity index (χ1n) is 10.9. The van der Waals surface area contributed by atoms with Crippen LogP contribution in [0.5, 0.6) is 0 Å². The van der Waals surface area contributed by atoms with E-state index >= 15 is 0 Å². The first kappa shape index (κ1) is 19.0. The number of benzene rings is 1. The Morgan fingerprint density at radius 1 is 0.967 bits per heavy atom. The van der Waals surface area contributed by atoms with Gasteiger partial charge >= 0.3 is 0 Å². The van der Waals surface area contributed by atoms with Crippen molar-refractivity contribution in [3.05, 3.63) is 36.7 Å². The molecule has 156 valence electrons. The van der Waals surface area contributed by atoms with E-state index in [4.69, 9.17) is 0 Å². The Morgan fingerprint density at radius 3 is 2.50 bits per heavy atom. The number of hydrogen-bond acceptors (Lipinski definition) is 6. The second kappa shape index (κ2) is 8.38. The van der Waals surface area contributed by atoms with Crippen molar-refractivity contribution in [2.45, 2.75) is 38.5 Å². The van der Waals surface area contributed by atoms with E-state index in [9.17, 15) is 4.79 Å². The molecule has 2 fully saturated rings. The quantitative estimate of drug-likeness (QED) is 0.664. The second-order valence-electron chi connectivity index (χ2n) is 8.28. The van der Waals surface area contributed by atoms with Crippen molar-refractivity contribution < 1.29 is 4.79 Å². The molecule has 2 aliphatic rings. The SMILES string of the molecule is O=C(CC1CCCCC1)N1CCN(c2ncnc3c2nnn3-c2ccccc2)CC1. The minimum atomic E-state index is 0.310. The fraction of sp³-hybridized carbons (Fsp3) is 0.500. The zero-order chi connectivity index (χ0) is 20.3. The Kier molecular flexibility index (Phi) is 5.29. The molecule has 30 heavy (non-hydrogen) atoms. The summed E-state index contributed by atoms with van der Waals surface area (Å²) in [6, 6.07) is 9.86. The van der Waals surface area contributed by atoms with Crippen LogP contribution in [0.3, 0.4) is 0 Å². The van der Waals surface area contributed by atoms with E-state index < -0.39 is 0 Å². The molecule has 3 aromatic rings. The standard InChI is InChI=1S/C22H27N7O/c30-19(15-17-7-3-1-4-8-17)27-11-13-28(14-12-27)21-20-22(24-16-23-21)29(26-25-20)18-9-5-2-6-10-18/h2,5-6,9-10,16-17H,1,3-4,7-8,11-15H2. The number of hydrogen-bond donors (Lipinski definition) is 0. The lowest BCUT2D eigenvalue weighted by Crippen LogP contribution is -2.49. The van der Waals surface area contributed by atoms with Gasteiger partial charge in [0.15, 0.2) is 17.0 Å². The van der Waals surface area contributed by atoms with Gasteiger partial charge in [0.1, 0.15) is 6.33 Å². The largest absolute Gasteiger partial charge is 0.351 e. The zero-order valence-electron chi connectivity index (χ0n) is 17.2. The average Bonchev–Trinajstić information content (AvgIpc) is 3.25. The van der Waals surface area contributed by atoms with Crippen molar-refractivity contribution in [1.29, 1.82) is 0 Å². The normalized spacial score (nSPS) is 18.1. The van der Waals surface area contributed by atoms with Crippen molar-refractivity contribution in [1.82, 2.24) is 29.9 Å². The van der Waals surface area contributed by atoms with Crippen LogP contribution in [0.15, 0.2) is 36.7 Å². The van der Waals surface area contributed by atoms with Gasteiger partial charge in [-0.3, -0.25) is 4.79 Å². The van der Waals surface area contributed by atoms with Crippen LogP contribution in [0.4, 0.5) is 5.82 Å². The number of carbonyl (C=O) groups excluding carboxylic acids is 1.